The van der Waals surface area contributed by atoms with Crippen LogP contribution < -0.4 is 5.73 Å². The summed E-state index contributed by atoms with van der Waals surface area (Å²) in [5.41, 5.74) is 7.79. The van der Waals surface area contributed by atoms with Gasteiger partial charge in [-0.1, -0.05) is 51.2 Å². The number of rotatable bonds is 7. The minimum Gasteiger partial charge on any atom is -0.322 e. The summed E-state index contributed by atoms with van der Waals surface area (Å²) in [7, 11) is 0. The Labute approximate surface area is 89.8 Å². The van der Waals surface area contributed by atoms with Gasteiger partial charge >= 0.3 is 0 Å². The van der Waals surface area contributed by atoms with E-state index >= 15 is 0 Å². The van der Waals surface area contributed by atoms with Crippen LogP contribution in [0.25, 0.3) is 0 Å². The lowest BCUT2D eigenvalue weighted by molar-refractivity contribution is 0.397. The smallest absolute Gasteiger partial charge is 0.0366 e. The molecule has 0 bridgehead atoms. The molecule has 0 aromatic carbocycles. The zero-order valence-corrected chi connectivity index (χ0v) is 10.4. The van der Waals surface area contributed by atoms with E-state index in [1.54, 1.807) is 0 Å². The molecule has 0 aliphatic rings. The van der Waals surface area contributed by atoms with Crippen molar-refractivity contribution in [3.63, 3.8) is 0 Å². The van der Waals surface area contributed by atoms with Crippen molar-refractivity contribution in [1.29, 1.82) is 0 Å². The second kappa shape index (κ2) is 7.05. The predicted octanol–water partition coefficient (Wildman–Crippen LogP) is 4.03. The fraction of sp³-hybridized carbons (Fsp3) is 0.846. The van der Waals surface area contributed by atoms with Gasteiger partial charge in [0.25, 0.3) is 0 Å². The van der Waals surface area contributed by atoms with Gasteiger partial charge in [0.15, 0.2) is 0 Å². The van der Waals surface area contributed by atoms with E-state index in [1.807, 2.05) is 0 Å². The predicted molar refractivity (Wildman–Crippen MR) is 65.4 cm³/mol. The molecule has 0 aliphatic heterocycles. The molecular formula is C13H27N. The quantitative estimate of drug-likeness (QED) is 0.613. The third kappa shape index (κ3) is 4.28. The number of allylic oxidation sites excluding steroid dienone is 1. The first-order valence-electron chi connectivity index (χ1n) is 6.03. The van der Waals surface area contributed by atoms with Crippen LogP contribution in [-0.2, 0) is 0 Å². The van der Waals surface area contributed by atoms with Crippen molar-refractivity contribution in [2.24, 2.45) is 5.73 Å². The van der Waals surface area contributed by atoms with Gasteiger partial charge in [0.2, 0.25) is 0 Å². The molecule has 0 heterocycles. The van der Waals surface area contributed by atoms with Crippen molar-refractivity contribution in [3.8, 4) is 0 Å². The summed E-state index contributed by atoms with van der Waals surface area (Å²) in [4.78, 5) is 0. The van der Waals surface area contributed by atoms with Gasteiger partial charge in [-0.05, 0) is 26.7 Å². The first-order chi connectivity index (χ1) is 6.60. The van der Waals surface area contributed by atoms with E-state index < -0.39 is 0 Å². The molecule has 1 heteroatoms. The number of hydrogen-bond acceptors (Lipinski definition) is 1. The summed E-state index contributed by atoms with van der Waals surface area (Å²) in [5, 5.41) is 0. The minimum absolute atomic E-state index is 0.0270. The largest absolute Gasteiger partial charge is 0.322 e. The average Bonchev–Trinajstić information content (AvgIpc) is 2.22. The lowest BCUT2D eigenvalue weighted by Crippen LogP contribution is -2.41. The average molecular weight is 197 g/mol. The van der Waals surface area contributed by atoms with Crippen LogP contribution >= 0.6 is 0 Å². The maximum Gasteiger partial charge on any atom is 0.0366 e. The van der Waals surface area contributed by atoms with Gasteiger partial charge in [-0.3, -0.25) is 0 Å². The minimum atomic E-state index is -0.0270. The van der Waals surface area contributed by atoms with Crippen molar-refractivity contribution >= 4 is 0 Å². The summed E-state index contributed by atoms with van der Waals surface area (Å²) < 4.78 is 0. The molecule has 0 saturated heterocycles. The molecule has 0 spiro atoms. The summed E-state index contributed by atoms with van der Waals surface area (Å²) in [6, 6.07) is 0. The molecule has 2 N–H and O–H groups in total. The monoisotopic (exact) mass is 197 g/mol. The molecule has 0 saturated carbocycles. The molecule has 0 fully saturated rings. The Morgan fingerprint density at radius 1 is 1.14 bits per heavy atom. The second-order valence-electron chi connectivity index (χ2n) is 4.33. The lowest BCUT2D eigenvalue weighted by atomic mass is 9.82. The fourth-order valence-corrected chi connectivity index (χ4v) is 1.79. The number of unbranched alkanes of at least 4 members (excludes halogenated alkanes) is 2. The highest BCUT2D eigenvalue weighted by molar-refractivity contribution is 5.15. The lowest BCUT2D eigenvalue weighted by Gasteiger charge is -2.31. The molecule has 0 aromatic heterocycles. The van der Waals surface area contributed by atoms with E-state index in [-0.39, 0.29) is 5.54 Å². The summed E-state index contributed by atoms with van der Waals surface area (Å²) in [6.07, 6.45) is 9.41. The molecular weight excluding hydrogens is 170 g/mol. The Bertz CT molecular complexity index is 162. The first kappa shape index (κ1) is 13.7. The van der Waals surface area contributed by atoms with E-state index in [4.69, 9.17) is 5.73 Å². The van der Waals surface area contributed by atoms with E-state index in [9.17, 15) is 0 Å². The summed E-state index contributed by atoms with van der Waals surface area (Å²) >= 11 is 0. The highest BCUT2D eigenvalue weighted by Crippen LogP contribution is 2.26. The fourth-order valence-electron chi connectivity index (χ4n) is 1.79. The first-order valence-corrected chi connectivity index (χ1v) is 6.03. The maximum atomic E-state index is 6.46. The Morgan fingerprint density at radius 3 is 1.86 bits per heavy atom. The van der Waals surface area contributed by atoms with Gasteiger partial charge in [-0.2, -0.15) is 0 Å². The van der Waals surface area contributed by atoms with Crippen LogP contribution in [0.15, 0.2) is 11.6 Å². The van der Waals surface area contributed by atoms with Gasteiger partial charge in [0, 0.05) is 5.54 Å². The van der Waals surface area contributed by atoms with Crippen LogP contribution in [0.2, 0.25) is 0 Å². The van der Waals surface area contributed by atoms with Crippen LogP contribution in [0.3, 0.4) is 0 Å². The Kier molecular flexibility index (Phi) is 6.90. The Balaban J connectivity index is 4.32. The van der Waals surface area contributed by atoms with Gasteiger partial charge in [-0.25, -0.2) is 0 Å². The highest BCUT2D eigenvalue weighted by Gasteiger charge is 2.24. The maximum absolute atomic E-state index is 6.46. The molecule has 0 unspecified atom stereocenters. The molecule has 1 nitrogen and oxygen atoms in total. The molecule has 0 aromatic rings. The van der Waals surface area contributed by atoms with Crippen molar-refractivity contribution in [2.45, 2.75) is 71.8 Å². The zero-order valence-electron chi connectivity index (χ0n) is 10.4. The highest BCUT2D eigenvalue weighted by atomic mass is 14.7. The van der Waals surface area contributed by atoms with Crippen molar-refractivity contribution in [1.82, 2.24) is 0 Å². The van der Waals surface area contributed by atoms with Crippen LogP contribution in [-0.4, -0.2) is 5.54 Å². The third-order valence-corrected chi connectivity index (χ3v) is 3.17. The van der Waals surface area contributed by atoms with Crippen LogP contribution in [0.4, 0.5) is 0 Å². The summed E-state index contributed by atoms with van der Waals surface area (Å²) in [6.45, 7) is 8.72. The molecule has 14 heavy (non-hydrogen) atoms. The van der Waals surface area contributed by atoms with E-state index in [2.05, 4.69) is 33.8 Å². The van der Waals surface area contributed by atoms with Gasteiger partial charge in [0.05, 0.1) is 0 Å². The van der Waals surface area contributed by atoms with Crippen molar-refractivity contribution < 1.29 is 0 Å². The van der Waals surface area contributed by atoms with Gasteiger partial charge in [0.1, 0.15) is 0 Å². The van der Waals surface area contributed by atoms with Crippen LogP contribution in [0.1, 0.15) is 66.2 Å². The molecule has 0 aliphatic carbocycles. The Hall–Kier alpha value is -0.300. The van der Waals surface area contributed by atoms with E-state index in [1.165, 1.54) is 31.3 Å². The number of nitrogens with two attached hydrogens (primary N) is 1. The molecule has 84 valence electrons. The summed E-state index contributed by atoms with van der Waals surface area (Å²) in [5.74, 6) is 0. The second-order valence-corrected chi connectivity index (χ2v) is 4.33. The number of hydrogen-bond donors (Lipinski definition) is 1. The van der Waals surface area contributed by atoms with Crippen molar-refractivity contribution in [3.05, 3.63) is 11.6 Å². The molecule has 0 radical (unpaired) electrons. The SMILES string of the molecule is CC=C(C)C(N)(CCCC)CCCC. The molecule has 0 amide bonds. The van der Waals surface area contributed by atoms with E-state index in [0.29, 0.717) is 0 Å². The van der Waals surface area contributed by atoms with Crippen molar-refractivity contribution in [2.75, 3.05) is 0 Å². The van der Waals surface area contributed by atoms with Gasteiger partial charge < -0.3 is 5.73 Å². The Morgan fingerprint density at radius 2 is 1.57 bits per heavy atom. The molecule has 0 atom stereocenters. The normalized spacial score (nSPS) is 13.4. The van der Waals surface area contributed by atoms with Crippen LogP contribution in [0, 0.1) is 0 Å². The molecule has 0 rings (SSSR count). The van der Waals surface area contributed by atoms with Crippen LogP contribution in [0.5, 0.6) is 0 Å². The van der Waals surface area contributed by atoms with Gasteiger partial charge in [-0.15, -0.1) is 0 Å². The topological polar surface area (TPSA) is 26.0 Å². The van der Waals surface area contributed by atoms with E-state index in [0.717, 1.165) is 12.8 Å². The standard InChI is InChI=1S/C13H27N/c1-5-8-10-13(14,11-9-6-2)12(4)7-3/h7H,5-6,8-11,14H2,1-4H3. The zero-order chi connectivity index (χ0) is 11.0. The third-order valence-electron chi connectivity index (χ3n) is 3.17.